The fourth-order valence-corrected chi connectivity index (χ4v) is 5.24. The summed E-state index contributed by atoms with van der Waals surface area (Å²) in [6.07, 6.45) is 3.11. The molecule has 6 nitrogen and oxygen atoms in total. The van der Waals surface area contributed by atoms with E-state index in [1.54, 1.807) is 60.8 Å². The number of fused-ring (bicyclic) bond motifs is 1. The molecule has 0 aliphatic heterocycles. The number of pyridine rings is 1. The molecule has 0 aliphatic rings. The standard InChI is InChI=1S/C22H15Br2N3O3S/c23-15-7-9-16(10-8-15)26-22(28)17-4-2-5-19(24)21(17)27-31(29,30)20-6-1-3-14-11-12-25-13-18(14)20/h1-13,27H,(H,26,28). The number of para-hydroxylation sites is 1. The van der Waals surface area contributed by atoms with Crippen molar-refractivity contribution in [2.24, 2.45) is 0 Å². The third-order valence-electron chi connectivity index (χ3n) is 4.53. The number of halogens is 2. The van der Waals surface area contributed by atoms with Gasteiger partial charge < -0.3 is 5.32 Å². The molecule has 1 heterocycles. The van der Waals surface area contributed by atoms with Gasteiger partial charge in [-0.3, -0.25) is 14.5 Å². The van der Waals surface area contributed by atoms with E-state index < -0.39 is 15.9 Å². The first-order valence-electron chi connectivity index (χ1n) is 9.06. The molecule has 0 spiro atoms. The van der Waals surface area contributed by atoms with Crippen molar-refractivity contribution in [2.45, 2.75) is 4.90 Å². The lowest BCUT2D eigenvalue weighted by molar-refractivity contribution is 0.102. The van der Waals surface area contributed by atoms with Crippen molar-refractivity contribution < 1.29 is 13.2 Å². The van der Waals surface area contributed by atoms with Gasteiger partial charge in [-0.25, -0.2) is 8.42 Å². The zero-order valence-corrected chi connectivity index (χ0v) is 19.8. The number of nitrogens with one attached hydrogen (secondary N) is 2. The highest BCUT2D eigenvalue weighted by Gasteiger charge is 2.22. The molecule has 0 saturated carbocycles. The van der Waals surface area contributed by atoms with Crippen LogP contribution in [0, 0.1) is 0 Å². The van der Waals surface area contributed by atoms with E-state index in [0.717, 1.165) is 9.86 Å². The number of amides is 1. The molecule has 0 saturated heterocycles. The highest BCUT2D eigenvalue weighted by atomic mass is 79.9. The highest BCUT2D eigenvalue weighted by Crippen LogP contribution is 2.31. The molecule has 2 N–H and O–H groups in total. The molecule has 9 heteroatoms. The largest absolute Gasteiger partial charge is 0.322 e. The second kappa shape index (κ2) is 8.78. The summed E-state index contributed by atoms with van der Waals surface area (Å²) >= 11 is 6.71. The number of sulfonamides is 1. The van der Waals surface area contributed by atoms with Gasteiger partial charge in [-0.1, -0.05) is 34.1 Å². The van der Waals surface area contributed by atoms with Crippen molar-refractivity contribution in [1.82, 2.24) is 4.98 Å². The Bertz CT molecular complexity index is 1390. The van der Waals surface area contributed by atoms with Gasteiger partial charge in [0.1, 0.15) is 0 Å². The zero-order chi connectivity index (χ0) is 22.0. The van der Waals surface area contributed by atoms with Crippen LogP contribution in [0.2, 0.25) is 0 Å². The Morgan fingerprint density at radius 3 is 2.42 bits per heavy atom. The average molecular weight is 561 g/mol. The smallest absolute Gasteiger partial charge is 0.262 e. The summed E-state index contributed by atoms with van der Waals surface area (Å²) in [4.78, 5) is 17.0. The fraction of sp³-hybridized carbons (Fsp3) is 0. The summed E-state index contributed by atoms with van der Waals surface area (Å²) in [6, 6.07) is 18.7. The third-order valence-corrected chi connectivity index (χ3v) is 7.13. The number of hydrogen-bond donors (Lipinski definition) is 2. The molecule has 0 unspecified atom stereocenters. The van der Waals surface area contributed by atoms with E-state index in [-0.39, 0.29) is 16.1 Å². The topological polar surface area (TPSA) is 88.2 Å². The van der Waals surface area contributed by atoms with Crippen molar-refractivity contribution in [2.75, 3.05) is 10.0 Å². The van der Waals surface area contributed by atoms with Crippen LogP contribution in [-0.4, -0.2) is 19.3 Å². The lowest BCUT2D eigenvalue weighted by atomic mass is 10.1. The van der Waals surface area contributed by atoms with Gasteiger partial charge in [-0.2, -0.15) is 0 Å². The first kappa shape index (κ1) is 21.5. The highest BCUT2D eigenvalue weighted by molar-refractivity contribution is 9.10. The molecule has 0 fully saturated rings. The summed E-state index contributed by atoms with van der Waals surface area (Å²) in [6.45, 7) is 0. The van der Waals surface area contributed by atoms with E-state index in [1.165, 1.54) is 12.3 Å². The number of rotatable bonds is 5. The Hall–Kier alpha value is -2.75. The van der Waals surface area contributed by atoms with E-state index in [0.29, 0.717) is 15.5 Å². The molecule has 156 valence electrons. The Morgan fingerprint density at radius 1 is 0.903 bits per heavy atom. The SMILES string of the molecule is O=C(Nc1ccc(Br)cc1)c1cccc(Br)c1NS(=O)(=O)c1cccc2ccncc12. The molecule has 0 aliphatic carbocycles. The van der Waals surface area contributed by atoms with Crippen molar-refractivity contribution in [3.8, 4) is 0 Å². The van der Waals surface area contributed by atoms with Crippen LogP contribution >= 0.6 is 31.9 Å². The van der Waals surface area contributed by atoms with Crippen LogP contribution in [-0.2, 0) is 10.0 Å². The molecule has 3 aromatic carbocycles. The molecule has 4 aromatic rings. The summed E-state index contributed by atoms with van der Waals surface area (Å²) in [5, 5.41) is 4.02. The number of aromatic nitrogens is 1. The third kappa shape index (κ3) is 4.63. The minimum atomic E-state index is -4.00. The number of carbonyl (C=O) groups is 1. The second-order valence-corrected chi connectivity index (χ2v) is 10.0. The van der Waals surface area contributed by atoms with Crippen LogP contribution in [0.15, 0.2) is 93.0 Å². The normalized spacial score (nSPS) is 11.3. The number of anilines is 2. The predicted octanol–water partition coefficient (Wildman–Crippen LogP) is 5.81. The molecular formula is C22H15Br2N3O3S. The van der Waals surface area contributed by atoms with Gasteiger partial charge in [0.2, 0.25) is 0 Å². The lowest BCUT2D eigenvalue weighted by Crippen LogP contribution is -2.19. The maximum atomic E-state index is 13.2. The van der Waals surface area contributed by atoms with E-state index >= 15 is 0 Å². The van der Waals surface area contributed by atoms with Crippen LogP contribution < -0.4 is 10.0 Å². The van der Waals surface area contributed by atoms with Crippen LogP contribution in [0.5, 0.6) is 0 Å². The fourth-order valence-electron chi connectivity index (χ4n) is 3.06. The van der Waals surface area contributed by atoms with Gasteiger partial charge in [-0.15, -0.1) is 0 Å². The molecule has 0 atom stereocenters. The molecule has 1 amide bonds. The maximum Gasteiger partial charge on any atom is 0.262 e. The van der Waals surface area contributed by atoms with Crippen molar-refractivity contribution in [1.29, 1.82) is 0 Å². The minimum absolute atomic E-state index is 0.0770. The number of hydrogen-bond acceptors (Lipinski definition) is 4. The number of nitrogens with zero attached hydrogens (tertiary/aromatic N) is 1. The van der Waals surface area contributed by atoms with Crippen molar-refractivity contribution in [3.05, 3.63) is 93.6 Å². The first-order chi connectivity index (χ1) is 14.8. The number of carbonyl (C=O) groups excluding carboxylic acids is 1. The molecular weight excluding hydrogens is 546 g/mol. The van der Waals surface area contributed by atoms with Gasteiger partial charge in [0, 0.05) is 32.4 Å². The summed E-state index contributed by atoms with van der Waals surface area (Å²) < 4.78 is 30.4. The predicted molar refractivity (Wildman–Crippen MR) is 129 cm³/mol. The summed E-state index contributed by atoms with van der Waals surface area (Å²) in [7, 11) is -4.00. The monoisotopic (exact) mass is 559 g/mol. The Balaban J connectivity index is 1.71. The minimum Gasteiger partial charge on any atom is -0.322 e. The quantitative estimate of drug-likeness (QED) is 0.322. The van der Waals surface area contributed by atoms with Gasteiger partial charge in [0.05, 0.1) is 16.1 Å². The van der Waals surface area contributed by atoms with Crippen LogP contribution in [0.4, 0.5) is 11.4 Å². The average Bonchev–Trinajstić information content (AvgIpc) is 2.76. The second-order valence-electron chi connectivity index (χ2n) is 6.58. The molecule has 1 aromatic heterocycles. The Kier molecular flexibility index (Phi) is 6.08. The van der Waals surface area contributed by atoms with E-state index in [2.05, 4.69) is 46.9 Å². The van der Waals surface area contributed by atoms with Crippen molar-refractivity contribution in [3.63, 3.8) is 0 Å². The molecule has 31 heavy (non-hydrogen) atoms. The molecule has 0 radical (unpaired) electrons. The van der Waals surface area contributed by atoms with E-state index in [1.807, 2.05) is 6.07 Å². The molecule has 4 rings (SSSR count). The van der Waals surface area contributed by atoms with E-state index in [4.69, 9.17) is 0 Å². The van der Waals surface area contributed by atoms with Gasteiger partial charge in [0.25, 0.3) is 15.9 Å². The van der Waals surface area contributed by atoms with Crippen molar-refractivity contribution >= 4 is 69.9 Å². The zero-order valence-electron chi connectivity index (χ0n) is 15.8. The summed E-state index contributed by atoms with van der Waals surface area (Å²) in [5.74, 6) is -0.444. The maximum absolute atomic E-state index is 13.2. The van der Waals surface area contributed by atoms with Crippen LogP contribution in [0.1, 0.15) is 10.4 Å². The van der Waals surface area contributed by atoms with E-state index in [9.17, 15) is 13.2 Å². The van der Waals surface area contributed by atoms with Crippen LogP contribution in [0.3, 0.4) is 0 Å². The van der Waals surface area contributed by atoms with Gasteiger partial charge in [-0.05, 0) is 69.8 Å². The van der Waals surface area contributed by atoms with Crippen LogP contribution in [0.25, 0.3) is 10.8 Å². The Labute approximate surface area is 196 Å². The first-order valence-corrected chi connectivity index (χ1v) is 12.1. The number of benzene rings is 3. The lowest BCUT2D eigenvalue weighted by Gasteiger charge is -2.15. The summed E-state index contributed by atoms with van der Waals surface area (Å²) in [5.41, 5.74) is 0.916. The van der Waals surface area contributed by atoms with Gasteiger partial charge >= 0.3 is 0 Å². The Morgan fingerprint density at radius 2 is 1.65 bits per heavy atom. The molecule has 0 bridgehead atoms. The van der Waals surface area contributed by atoms with Gasteiger partial charge in [0.15, 0.2) is 0 Å².